The van der Waals surface area contributed by atoms with Crippen LogP contribution in [0.2, 0.25) is 0 Å². The standard InChI is InChI=1S/3C4H8.2C3H6/c3*1-2-4-3-1;2*1-2-3-1/h3*1-4H2;2*1-3H2. The minimum Gasteiger partial charge on any atom is -0.0533 e. The van der Waals surface area contributed by atoms with Gasteiger partial charge in [0.1, 0.15) is 0 Å². The van der Waals surface area contributed by atoms with E-state index in [-0.39, 0.29) is 0 Å². The van der Waals surface area contributed by atoms with Gasteiger partial charge in [-0.2, -0.15) is 0 Å². The first-order valence-corrected chi connectivity index (χ1v) is 9.00. The fourth-order valence-electron chi connectivity index (χ4n) is 0.750. The highest BCUT2D eigenvalue weighted by Crippen LogP contribution is 2.16. The molecule has 5 fully saturated rings. The first-order valence-electron chi connectivity index (χ1n) is 9.00. The zero-order valence-corrected chi connectivity index (χ0v) is 12.7. The molecule has 0 aromatic heterocycles. The molecule has 0 amide bonds. The zero-order valence-electron chi connectivity index (χ0n) is 12.7. The first-order chi connectivity index (χ1) is 9.00. The summed E-state index contributed by atoms with van der Waals surface area (Å²) < 4.78 is 0. The van der Waals surface area contributed by atoms with E-state index in [0.717, 1.165) is 0 Å². The van der Waals surface area contributed by atoms with Crippen LogP contribution in [0.3, 0.4) is 0 Å². The van der Waals surface area contributed by atoms with Gasteiger partial charge in [-0.05, 0) is 0 Å². The molecule has 0 spiro atoms. The van der Waals surface area contributed by atoms with Crippen molar-refractivity contribution in [3.8, 4) is 0 Å². The van der Waals surface area contributed by atoms with Gasteiger partial charge in [0.05, 0.1) is 0 Å². The van der Waals surface area contributed by atoms with E-state index < -0.39 is 0 Å². The van der Waals surface area contributed by atoms with E-state index >= 15 is 0 Å². The van der Waals surface area contributed by atoms with Gasteiger partial charge in [0.15, 0.2) is 0 Å². The van der Waals surface area contributed by atoms with E-state index in [1.165, 1.54) is 116 Å². The smallest absolute Gasteiger partial charge is 0.0533 e. The lowest BCUT2D eigenvalue weighted by molar-refractivity contribution is 0.504. The third-order valence-electron chi connectivity index (χ3n) is 3.71. The summed E-state index contributed by atoms with van der Waals surface area (Å²) in [5.41, 5.74) is 0. The maximum absolute atomic E-state index is 1.50. The summed E-state index contributed by atoms with van der Waals surface area (Å²) in [7, 11) is 0. The van der Waals surface area contributed by atoms with Gasteiger partial charge in [0.25, 0.3) is 0 Å². The van der Waals surface area contributed by atoms with E-state index in [2.05, 4.69) is 0 Å². The van der Waals surface area contributed by atoms with Gasteiger partial charge < -0.3 is 0 Å². The van der Waals surface area contributed by atoms with Crippen LogP contribution in [0.25, 0.3) is 0 Å². The Balaban J connectivity index is 0.000000113. The van der Waals surface area contributed by atoms with Crippen LogP contribution in [0.4, 0.5) is 0 Å². The van der Waals surface area contributed by atoms with E-state index in [1.54, 1.807) is 0 Å². The molecular weight excluding hydrogens is 216 g/mol. The fourth-order valence-corrected chi connectivity index (χ4v) is 0.750. The Labute approximate surface area is 116 Å². The van der Waals surface area contributed by atoms with Crippen LogP contribution in [-0.4, -0.2) is 0 Å². The van der Waals surface area contributed by atoms with Crippen molar-refractivity contribution in [1.82, 2.24) is 0 Å². The molecule has 0 heteroatoms. The van der Waals surface area contributed by atoms with Gasteiger partial charge in [-0.15, -0.1) is 0 Å². The predicted molar refractivity (Wildman–Crippen MR) is 83.1 cm³/mol. The van der Waals surface area contributed by atoms with Crippen molar-refractivity contribution in [2.24, 2.45) is 0 Å². The van der Waals surface area contributed by atoms with Gasteiger partial charge >= 0.3 is 0 Å². The Morgan fingerprint density at radius 2 is 0.167 bits per heavy atom. The normalized spacial score (nSPS) is 24.0. The second-order valence-electron chi connectivity index (χ2n) is 6.36. The lowest BCUT2D eigenvalue weighted by atomic mass is 10.0. The molecule has 0 aromatic carbocycles. The lowest BCUT2D eigenvalue weighted by Gasteiger charge is -2.05. The number of rotatable bonds is 0. The second-order valence-corrected chi connectivity index (χ2v) is 6.36. The summed E-state index contributed by atoms with van der Waals surface area (Å²) in [6, 6.07) is 0. The summed E-state index contributed by atoms with van der Waals surface area (Å²) in [5, 5.41) is 0. The summed E-state index contributed by atoms with van der Waals surface area (Å²) in [4.78, 5) is 0. The van der Waals surface area contributed by atoms with Crippen LogP contribution < -0.4 is 0 Å². The highest BCUT2D eigenvalue weighted by molar-refractivity contribution is 4.52. The zero-order chi connectivity index (χ0) is 12.7. The molecule has 0 atom stereocenters. The number of hydrogen-bond donors (Lipinski definition) is 0. The highest BCUT2D eigenvalue weighted by atomic mass is 14.0. The third kappa shape index (κ3) is 18.4. The van der Waals surface area contributed by atoms with Crippen molar-refractivity contribution >= 4 is 0 Å². The average molecular weight is 252 g/mol. The molecule has 0 unspecified atom stereocenters. The van der Waals surface area contributed by atoms with Crippen LogP contribution in [0, 0.1) is 0 Å². The molecule has 5 aliphatic carbocycles. The minimum absolute atomic E-state index is 1.50. The number of hydrogen-bond acceptors (Lipinski definition) is 0. The van der Waals surface area contributed by atoms with Crippen molar-refractivity contribution in [3.05, 3.63) is 0 Å². The molecular formula is C18H36. The van der Waals surface area contributed by atoms with Gasteiger partial charge in [-0.1, -0.05) is 116 Å². The molecule has 18 heavy (non-hydrogen) atoms. The predicted octanol–water partition coefficient (Wildman–Crippen LogP) is 7.02. The molecule has 0 heterocycles. The Hall–Kier alpha value is 0. The summed E-state index contributed by atoms with van der Waals surface area (Å²) in [5.74, 6) is 0. The van der Waals surface area contributed by atoms with Crippen LogP contribution in [0.5, 0.6) is 0 Å². The molecule has 0 N–H and O–H groups in total. The van der Waals surface area contributed by atoms with E-state index in [9.17, 15) is 0 Å². The van der Waals surface area contributed by atoms with Gasteiger partial charge in [-0.25, -0.2) is 0 Å². The molecule has 0 saturated heterocycles. The molecule has 0 aliphatic heterocycles. The van der Waals surface area contributed by atoms with Crippen molar-refractivity contribution in [1.29, 1.82) is 0 Å². The molecule has 0 nitrogen and oxygen atoms in total. The quantitative estimate of drug-likeness (QED) is 0.434. The van der Waals surface area contributed by atoms with Crippen molar-refractivity contribution in [2.45, 2.75) is 116 Å². The minimum atomic E-state index is 1.50. The molecule has 0 bridgehead atoms. The molecule has 0 aromatic rings. The van der Waals surface area contributed by atoms with Crippen LogP contribution in [-0.2, 0) is 0 Å². The molecule has 0 radical (unpaired) electrons. The van der Waals surface area contributed by atoms with Crippen LogP contribution >= 0.6 is 0 Å². The van der Waals surface area contributed by atoms with Gasteiger partial charge in [0.2, 0.25) is 0 Å². The molecule has 5 aliphatic rings. The Bertz CT molecular complexity index is 91.6. The average Bonchev–Trinajstić information content (AvgIpc) is 2.92. The van der Waals surface area contributed by atoms with Crippen LogP contribution in [0.15, 0.2) is 0 Å². The molecule has 5 rings (SSSR count). The maximum Gasteiger partial charge on any atom is -0.0533 e. The van der Waals surface area contributed by atoms with E-state index in [0.29, 0.717) is 0 Å². The second kappa shape index (κ2) is 13.4. The van der Waals surface area contributed by atoms with Crippen molar-refractivity contribution < 1.29 is 0 Å². The molecule has 108 valence electrons. The van der Waals surface area contributed by atoms with Crippen molar-refractivity contribution in [3.63, 3.8) is 0 Å². The topological polar surface area (TPSA) is 0 Å². The SMILES string of the molecule is C1CC1.C1CC1.C1CCC1.C1CCC1.C1CCC1. The van der Waals surface area contributed by atoms with Gasteiger partial charge in [-0.3, -0.25) is 0 Å². The highest BCUT2D eigenvalue weighted by Gasteiger charge is 1.96. The van der Waals surface area contributed by atoms with E-state index in [1.807, 2.05) is 0 Å². The Kier molecular flexibility index (Phi) is 12.0. The summed E-state index contributed by atoms with van der Waals surface area (Å²) in [6.07, 6.45) is 27.0. The van der Waals surface area contributed by atoms with Crippen molar-refractivity contribution in [2.75, 3.05) is 0 Å². The molecule has 5 saturated carbocycles. The monoisotopic (exact) mass is 252 g/mol. The van der Waals surface area contributed by atoms with Gasteiger partial charge in [0, 0.05) is 0 Å². The largest absolute Gasteiger partial charge is 0.0533 e. The first kappa shape index (κ1) is 16.1. The Morgan fingerprint density at radius 1 is 0.111 bits per heavy atom. The Morgan fingerprint density at radius 3 is 0.167 bits per heavy atom. The lowest BCUT2D eigenvalue weighted by Crippen LogP contribution is -1.85. The summed E-state index contributed by atoms with van der Waals surface area (Å²) in [6.45, 7) is 0. The fraction of sp³-hybridized carbons (Fsp3) is 1.00. The third-order valence-corrected chi connectivity index (χ3v) is 3.71. The maximum atomic E-state index is 1.50. The summed E-state index contributed by atoms with van der Waals surface area (Å²) >= 11 is 0. The van der Waals surface area contributed by atoms with Crippen LogP contribution in [0.1, 0.15) is 116 Å². The van der Waals surface area contributed by atoms with E-state index in [4.69, 9.17) is 0 Å².